The van der Waals surface area contributed by atoms with Gasteiger partial charge in [0.2, 0.25) is 0 Å². The van der Waals surface area contributed by atoms with Gasteiger partial charge in [-0.25, -0.2) is 0 Å². The molecule has 1 aromatic heterocycles. The van der Waals surface area contributed by atoms with Crippen LogP contribution < -0.4 is 10.6 Å². The van der Waals surface area contributed by atoms with Crippen molar-refractivity contribution in [3.63, 3.8) is 0 Å². The van der Waals surface area contributed by atoms with Crippen LogP contribution in [-0.4, -0.2) is 46.0 Å². The highest BCUT2D eigenvalue weighted by atomic mass is 35.5. The molecule has 0 aliphatic heterocycles. The molecule has 1 aromatic carbocycles. The van der Waals surface area contributed by atoms with Crippen molar-refractivity contribution in [3.8, 4) is 0 Å². The maximum atomic E-state index is 6.21. The Morgan fingerprint density at radius 2 is 1.92 bits per heavy atom. The highest BCUT2D eigenvalue weighted by Crippen LogP contribution is 2.25. The van der Waals surface area contributed by atoms with Gasteiger partial charge in [-0.2, -0.15) is 5.10 Å². The summed E-state index contributed by atoms with van der Waals surface area (Å²) in [4.78, 5) is 2.39. The van der Waals surface area contributed by atoms with Gasteiger partial charge in [0.05, 0.1) is 18.4 Å². The van der Waals surface area contributed by atoms with E-state index in [1.807, 2.05) is 24.4 Å². The van der Waals surface area contributed by atoms with E-state index >= 15 is 0 Å². The first-order valence-electron chi connectivity index (χ1n) is 8.76. The van der Waals surface area contributed by atoms with Crippen LogP contribution in [-0.2, 0) is 6.54 Å². The van der Waals surface area contributed by atoms with E-state index in [9.17, 15) is 0 Å². The summed E-state index contributed by atoms with van der Waals surface area (Å²) >= 11 is 17.8. The Morgan fingerprint density at radius 1 is 1.23 bits per heavy atom. The summed E-state index contributed by atoms with van der Waals surface area (Å²) < 4.78 is 1.78. The zero-order valence-electron chi connectivity index (χ0n) is 15.1. The number of rotatable bonds is 9. The van der Waals surface area contributed by atoms with Gasteiger partial charge in [-0.05, 0) is 50.4 Å². The summed E-state index contributed by atoms with van der Waals surface area (Å²) in [7, 11) is 0. The molecule has 1 heterocycles. The fraction of sp³-hybridized carbons (Fsp3) is 0.444. The number of anilines is 1. The monoisotopic (exact) mass is 413 g/mol. The first-order chi connectivity index (χ1) is 12.5. The summed E-state index contributed by atoms with van der Waals surface area (Å²) in [5.74, 6) is 0. The molecule has 0 fully saturated rings. The van der Waals surface area contributed by atoms with Gasteiger partial charge in [-0.3, -0.25) is 4.68 Å². The van der Waals surface area contributed by atoms with E-state index in [4.69, 9.17) is 35.4 Å². The number of aromatic nitrogens is 2. The van der Waals surface area contributed by atoms with Crippen LogP contribution in [0.3, 0.4) is 0 Å². The number of nitrogens with one attached hydrogen (secondary N) is 2. The van der Waals surface area contributed by atoms with E-state index in [0.717, 1.165) is 43.9 Å². The van der Waals surface area contributed by atoms with E-state index in [1.165, 1.54) is 0 Å². The molecular weight excluding hydrogens is 389 g/mol. The molecule has 2 N–H and O–H groups in total. The molecule has 2 aromatic rings. The second-order valence-electron chi connectivity index (χ2n) is 5.89. The van der Waals surface area contributed by atoms with Crippen LogP contribution in [0, 0.1) is 0 Å². The molecule has 0 bridgehead atoms. The summed E-state index contributed by atoms with van der Waals surface area (Å²) in [6.45, 7) is 8.92. The second kappa shape index (κ2) is 10.7. The molecule has 0 atom stereocenters. The van der Waals surface area contributed by atoms with Crippen LogP contribution in [0.1, 0.15) is 25.8 Å². The van der Waals surface area contributed by atoms with E-state index in [-0.39, 0.29) is 0 Å². The summed E-state index contributed by atoms with van der Waals surface area (Å²) in [6.07, 6.45) is 4.66. The summed E-state index contributed by atoms with van der Waals surface area (Å²) in [5, 5.41) is 12.6. The molecule has 8 heteroatoms. The molecule has 142 valence electrons. The normalized spacial score (nSPS) is 11.0. The van der Waals surface area contributed by atoms with Crippen LogP contribution in [0.4, 0.5) is 5.69 Å². The Kier molecular flexibility index (Phi) is 8.65. The highest BCUT2D eigenvalue weighted by Gasteiger charge is 2.08. The predicted octanol–water partition coefficient (Wildman–Crippen LogP) is 4.26. The molecule has 0 spiro atoms. The van der Waals surface area contributed by atoms with Crippen molar-refractivity contribution in [1.82, 2.24) is 20.0 Å². The Bertz CT molecular complexity index is 695. The number of benzene rings is 1. The fourth-order valence-electron chi connectivity index (χ4n) is 2.58. The lowest BCUT2D eigenvalue weighted by Gasteiger charge is -2.18. The van der Waals surface area contributed by atoms with E-state index < -0.39 is 0 Å². The lowest BCUT2D eigenvalue weighted by atomic mass is 10.2. The van der Waals surface area contributed by atoms with Crippen molar-refractivity contribution >= 4 is 46.2 Å². The smallest absolute Gasteiger partial charge is 0.170 e. The quantitative estimate of drug-likeness (QED) is 0.474. The fourth-order valence-corrected chi connectivity index (χ4v) is 3.32. The zero-order valence-corrected chi connectivity index (χ0v) is 17.5. The third kappa shape index (κ3) is 6.43. The maximum absolute atomic E-state index is 6.21. The maximum Gasteiger partial charge on any atom is 0.170 e. The molecule has 0 amide bonds. The summed E-state index contributed by atoms with van der Waals surface area (Å²) in [6, 6.07) is 5.47. The molecule has 0 aliphatic rings. The average Bonchev–Trinajstić information content (AvgIpc) is 3.05. The van der Waals surface area contributed by atoms with Crippen LogP contribution in [0.25, 0.3) is 0 Å². The van der Waals surface area contributed by atoms with Gasteiger partial charge in [-0.15, -0.1) is 0 Å². The highest BCUT2D eigenvalue weighted by molar-refractivity contribution is 7.80. The molecule has 0 saturated carbocycles. The van der Waals surface area contributed by atoms with Crippen LogP contribution in [0.5, 0.6) is 0 Å². The lowest BCUT2D eigenvalue weighted by molar-refractivity contribution is 0.300. The molecule has 0 unspecified atom stereocenters. The van der Waals surface area contributed by atoms with Crippen LogP contribution in [0.2, 0.25) is 10.0 Å². The summed E-state index contributed by atoms with van der Waals surface area (Å²) in [5.41, 5.74) is 1.68. The Balaban J connectivity index is 1.80. The van der Waals surface area contributed by atoms with E-state index in [2.05, 4.69) is 34.5 Å². The number of hydrogen-bond acceptors (Lipinski definition) is 3. The number of thiocarbonyl (C=S) groups is 1. The van der Waals surface area contributed by atoms with Gasteiger partial charge >= 0.3 is 0 Å². The number of halogens is 2. The largest absolute Gasteiger partial charge is 0.362 e. The first-order valence-corrected chi connectivity index (χ1v) is 9.92. The van der Waals surface area contributed by atoms with Crippen LogP contribution >= 0.6 is 35.4 Å². The minimum atomic E-state index is 0.504. The van der Waals surface area contributed by atoms with Crippen molar-refractivity contribution in [1.29, 1.82) is 0 Å². The van der Waals surface area contributed by atoms with Gasteiger partial charge in [0, 0.05) is 28.4 Å². The van der Waals surface area contributed by atoms with Gasteiger partial charge < -0.3 is 15.5 Å². The lowest BCUT2D eigenvalue weighted by Crippen LogP contribution is -2.32. The van der Waals surface area contributed by atoms with Gasteiger partial charge in [0.15, 0.2) is 5.11 Å². The Hall–Kier alpha value is -1.34. The first kappa shape index (κ1) is 21.0. The van der Waals surface area contributed by atoms with Gasteiger partial charge in [0.25, 0.3) is 0 Å². The minimum absolute atomic E-state index is 0.504. The standard InChI is InChI=1S/C18H25Cl2N5S/c1-3-24(4-2)10-6-9-21-18(26)23-14-11-22-25(12-14)13-15-16(19)7-5-8-17(15)20/h5,7-8,11-12H,3-4,6,9-10,13H2,1-2H3,(H2,21,23,26). The van der Waals surface area contributed by atoms with Gasteiger partial charge in [0.1, 0.15) is 0 Å². The van der Waals surface area contributed by atoms with Crippen molar-refractivity contribution in [2.75, 3.05) is 31.5 Å². The van der Waals surface area contributed by atoms with Crippen LogP contribution in [0.15, 0.2) is 30.6 Å². The Morgan fingerprint density at radius 3 is 2.58 bits per heavy atom. The third-order valence-corrected chi connectivity index (χ3v) is 5.06. The predicted molar refractivity (Wildman–Crippen MR) is 114 cm³/mol. The van der Waals surface area contributed by atoms with Crippen molar-refractivity contribution in [2.45, 2.75) is 26.8 Å². The molecule has 0 aliphatic carbocycles. The molecule has 5 nitrogen and oxygen atoms in total. The van der Waals surface area contributed by atoms with E-state index in [1.54, 1.807) is 10.9 Å². The Labute approximate surface area is 170 Å². The molecular formula is C18H25Cl2N5S. The number of hydrogen-bond donors (Lipinski definition) is 2. The van der Waals surface area contributed by atoms with Crippen molar-refractivity contribution in [2.24, 2.45) is 0 Å². The third-order valence-electron chi connectivity index (χ3n) is 4.10. The average molecular weight is 414 g/mol. The van der Waals surface area contributed by atoms with Gasteiger partial charge in [-0.1, -0.05) is 43.1 Å². The zero-order chi connectivity index (χ0) is 18.9. The van der Waals surface area contributed by atoms with Crippen molar-refractivity contribution < 1.29 is 0 Å². The molecule has 0 radical (unpaired) electrons. The molecule has 26 heavy (non-hydrogen) atoms. The topological polar surface area (TPSA) is 45.1 Å². The molecule has 0 saturated heterocycles. The number of nitrogens with zero attached hydrogens (tertiary/aromatic N) is 3. The minimum Gasteiger partial charge on any atom is -0.362 e. The second-order valence-corrected chi connectivity index (χ2v) is 7.11. The van der Waals surface area contributed by atoms with Crippen molar-refractivity contribution in [3.05, 3.63) is 46.2 Å². The van der Waals surface area contributed by atoms with E-state index in [0.29, 0.717) is 21.7 Å². The SMILES string of the molecule is CCN(CC)CCCNC(=S)Nc1cnn(Cc2c(Cl)cccc2Cl)c1. The molecule has 2 rings (SSSR count).